The van der Waals surface area contributed by atoms with Crippen LogP contribution in [0.5, 0.6) is 0 Å². The molecule has 1 N–H and O–H groups in total. The van der Waals surface area contributed by atoms with Crippen molar-refractivity contribution in [1.82, 2.24) is 0 Å². The van der Waals surface area contributed by atoms with Crippen LogP contribution >= 0.6 is 12.6 Å². The van der Waals surface area contributed by atoms with E-state index in [0.717, 1.165) is 12.1 Å². The number of ether oxygens (including phenoxy) is 1. The summed E-state index contributed by atoms with van der Waals surface area (Å²) in [6.45, 7) is 0.650. The first-order valence-electron chi connectivity index (χ1n) is 5.77. The number of carbonyl (C=O) groups excluding carboxylic acids is 1. The molecule has 0 aliphatic heterocycles. The van der Waals surface area contributed by atoms with E-state index in [1.165, 1.54) is 5.56 Å². The number of amides is 1. The lowest BCUT2D eigenvalue weighted by molar-refractivity contribution is -0.116. The molecule has 0 atom stereocenters. The average Bonchev–Trinajstić information content (AvgIpc) is 2.39. The molecule has 0 aliphatic carbocycles. The van der Waals surface area contributed by atoms with Crippen LogP contribution in [-0.4, -0.2) is 18.5 Å². The van der Waals surface area contributed by atoms with Gasteiger partial charge >= 0.3 is 0 Å². The summed E-state index contributed by atoms with van der Waals surface area (Å²) in [5.74, 6) is 2.82. The van der Waals surface area contributed by atoms with Crippen molar-refractivity contribution in [2.45, 2.75) is 19.3 Å². The van der Waals surface area contributed by atoms with Gasteiger partial charge in [-0.15, -0.1) is 12.3 Å². The van der Waals surface area contributed by atoms with Gasteiger partial charge in [0.05, 0.1) is 12.5 Å². The number of carbonyl (C=O) groups is 1. The van der Waals surface area contributed by atoms with Gasteiger partial charge in [-0.1, -0.05) is 12.1 Å². The van der Waals surface area contributed by atoms with Crippen molar-refractivity contribution in [3.8, 4) is 12.3 Å². The van der Waals surface area contributed by atoms with Crippen LogP contribution in [0.15, 0.2) is 24.3 Å². The molecule has 18 heavy (non-hydrogen) atoms. The molecule has 1 rings (SSSR count). The Morgan fingerprint density at radius 1 is 1.39 bits per heavy atom. The van der Waals surface area contributed by atoms with Crippen LogP contribution in [0.1, 0.15) is 18.4 Å². The number of benzene rings is 1. The van der Waals surface area contributed by atoms with E-state index in [0.29, 0.717) is 25.4 Å². The predicted octanol–water partition coefficient (Wildman–Crippen LogP) is 2.48. The van der Waals surface area contributed by atoms with Gasteiger partial charge in [-0.3, -0.25) is 4.79 Å². The van der Waals surface area contributed by atoms with Crippen molar-refractivity contribution < 1.29 is 9.53 Å². The Hall–Kier alpha value is -1.44. The molecular weight excluding hydrogens is 246 g/mol. The molecule has 0 fully saturated rings. The van der Waals surface area contributed by atoms with Gasteiger partial charge in [-0.05, 0) is 24.1 Å². The van der Waals surface area contributed by atoms with E-state index in [2.05, 4.69) is 23.9 Å². The Morgan fingerprint density at radius 2 is 2.11 bits per heavy atom. The summed E-state index contributed by atoms with van der Waals surface area (Å²) in [5, 5.41) is 2.79. The Kier molecular flexibility index (Phi) is 7.00. The topological polar surface area (TPSA) is 38.3 Å². The minimum atomic E-state index is -0.0564. The quantitative estimate of drug-likeness (QED) is 0.343. The smallest absolute Gasteiger partial charge is 0.225 e. The van der Waals surface area contributed by atoms with E-state index in [1.54, 1.807) is 0 Å². The third kappa shape index (κ3) is 5.76. The number of nitrogens with one attached hydrogen (secondary N) is 1. The number of hydrogen-bond donors (Lipinski definition) is 2. The molecule has 0 heterocycles. The standard InChI is InChI=1S/C14H17NO2S/c1-2-3-4-14(16)15-13-7-5-12(6-8-13)9-10-17-11-18/h1,5-8,18H,3-4,9-11H2,(H,15,16). The van der Waals surface area contributed by atoms with E-state index < -0.39 is 0 Å². The zero-order chi connectivity index (χ0) is 13.2. The third-order valence-electron chi connectivity index (χ3n) is 2.36. The van der Waals surface area contributed by atoms with E-state index in [4.69, 9.17) is 11.2 Å². The summed E-state index contributed by atoms with van der Waals surface area (Å²) in [7, 11) is 0. The van der Waals surface area contributed by atoms with Gasteiger partial charge in [-0.25, -0.2) is 0 Å². The molecule has 4 heteroatoms. The van der Waals surface area contributed by atoms with Crippen molar-refractivity contribution in [2.75, 3.05) is 17.9 Å². The summed E-state index contributed by atoms with van der Waals surface area (Å²) in [6, 6.07) is 7.70. The van der Waals surface area contributed by atoms with E-state index in [-0.39, 0.29) is 5.91 Å². The Labute approximate surface area is 113 Å². The van der Waals surface area contributed by atoms with Crippen molar-refractivity contribution >= 4 is 24.2 Å². The second-order valence-electron chi connectivity index (χ2n) is 3.74. The zero-order valence-electron chi connectivity index (χ0n) is 10.2. The molecule has 1 aromatic carbocycles. The lowest BCUT2D eigenvalue weighted by atomic mass is 10.1. The maximum Gasteiger partial charge on any atom is 0.225 e. The molecule has 0 aliphatic rings. The molecule has 0 unspecified atom stereocenters. The highest BCUT2D eigenvalue weighted by atomic mass is 32.1. The Bertz CT molecular complexity index is 409. The number of hydrogen-bond acceptors (Lipinski definition) is 3. The van der Waals surface area contributed by atoms with Crippen LogP contribution in [-0.2, 0) is 16.0 Å². The van der Waals surface area contributed by atoms with Gasteiger partial charge in [0.15, 0.2) is 0 Å². The SMILES string of the molecule is C#CCCC(=O)Nc1ccc(CCOCS)cc1. The van der Waals surface area contributed by atoms with Gasteiger partial charge < -0.3 is 10.1 Å². The second kappa shape index (κ2) is 8.62. The minimum Gasteiger partial charge on any atom is -0.371 e. The molecule has 0 saturated carbocycles. The van der Waals surface area contributed by atoms with Gasteiger partial charge in [-0.2, -0.15) is 12.6 Å². The largest absolute Gasteiger partial charge is 0.371 e. The molecule has 0 radical (unpaired) electrons. The zero-order valence-corrected chi connectivity index (χ0v) is 11.1. The van der Waals surface area contributed by atoms with Crippen molar-refractivity contribution in [2.24, 2.45) is 0 Å². The Morgan fingerprint density at radius 3 is 2.72 bits per heavy atom. The maximum atomic E-state index is 11.4. The van der Waals surface area contributed by atoms with Crippen LogP contribution in [0, 0.1) is 12.3 Å². The van der Waals surface area contributed by atoms with Gasteiger partial charge in [0, 0.05) is 18.5 Å². The molecule has 3 nitrogen and oxygen atoms in total. The average molecular weight is 263 g/mol. The fourth-order valence-corrected chi connectivity index (χ4v) is 1.55. The number of thiol groups is 1. The molecule has 0 aromatic heterocycles. The van der Waals surface area contributed by atoms with E-state index in [1.807, 2.05) is 24.3 Å². The highest BCUT2D eigenvalue weighted by Crippen LogP contribution is 2.10. The first-order chi connectivity index (χ1) is 8.76. The molecule has 0 saturated heterocycles. The summed E-state index contributed by atoms with van der Waals surface area (Å²) in [6.07, 6.45) is 6.76. The minimum absolute atomic E-state index is 0.0564. The molecule has 0 bridgehead atoms. The molecule has 1 aromatic rings. The third-order valence-corrected chi connectivity index (χ3v) is 2.54. The van der Waals surface area contributed by atoms with Gasteiger partial charge in [0.1, 0.15) is 0 Å². The number of rotatable bonds is 7. The Balaban J connectivity index is 2.40. The highest BCUT2D eigenvalue weighted by molar-refractivity contribution is 7.80. The fraction of sp³-hybridized carbons (Fsp3) is 0.357. The lowest BCUT2D eigenvalue weighted by Crippen LogP contribution is -2.10. The molecule has 96 valence electrons. The highest BCUT2D eigenvalue weighted by Gasteiger charge is 2.01. The van der Waals surface area contributed by atoms with Crippen LogP contribution in [0.2, 0.25) is 0 Å². The van der Waals surface area contributed by atoms with Crippen LogP contribution in [0.3, 0.4) is 0 Å². The summed E-state index contributed by atoms with van der Waals surface area (Å²) >= 11 is 3.97. The summed E-state index contributed by atoms with van der Waals surface area (Å²) in [4.78, 5) is 11.4. The predicted molar refractivity (Wildman–Crippen MR) is 76.6 cm³/mol. The lowest BCUT2D eigenvalue weighted by Gasteiger charge is -2.06. The summed E-state index contributed by atoms with van der Waals surface area (Å²) in [5.41, 5.74) is 1.95. The monoisotopic (exact) mass is 263 g/mol. The molecule has 0 spiro atoms. The summed E-state index contributed by atoms with van der Waals surface area (Å²) < 4.78 is 5.15. The first-order valence-corrected chi connectivity index (χ1v) is 6.40. The van der Waals surface area contributed by atoms with Crippen molar-refractivity contribution in [1.29, 1.82) is 0 Å². The van der Waals surface area contributed by atoms with E-state index in [9.17, 15) is 4.79 Å². The fourth-order valence-electron chi connectivity index (χ4n) is 1.42. The van der Waals surface area contributed by atoms with Gasteiger partial charge in [0.25, 0.3) is 0 Å². The van der Waals surface area contributed by atoms with Crippen molar-refractivity contribution in [3.05, 3.63) is 29.8 Å². The maximum absolute atomic E-state index is 11.4. The molecule has 1 amide bonds. The normalized spacial score (nSPS) is 9.78. The molecular formula is C14H17NO2S. The van der Waals surface area contributed by atoms with Crippen LogP contribution in [0.25, 0.3) is 0 Å². The van der Waals surface area contributed by atoms with Gasteiger partial charge in [0.2, 0.25) is 5.91 Å². The number of anilines is 1. The van der Waals surface area contributed by atoms with E-state index >= 15 is 0 Å². The number of terminal acetylenes is 1. The first kappa shape index (κ1) is 14.6. The second-order valence-corrected chi connectivity index (χ2v) is 3.99. The van der Waals surface area contributed by atoms with Crippen molar-refractivity contribution in [3.63, 3.8) is 0 Å². The van der Waals surface area contributed by atoms with Crippen LogP contribution in [0.4, 0.5) is 5.69 Å². The van der Waals surface area contributed by atoms with Crippen LogP contribution < -0.4 is 5.32 Å².